The van der Waals surface area contributed by atoms with Gasteiger partial charge in [-0.25, -0.2) is 13.2 Å². The molecule has 0 aromatic heterocycles. The van der Waals surface area contributed by atoms with Crippen molar-refractivity contribution in [3.05, 3.63) is 90.5 Å². The summed E-state index contributed by atoms with van der Waals surface area (Å²) in [5, 5.41) is 15.3. The van der Waals surface area contributed by atoms with Gasteiger partial charge >= 0.3 is 6.03 Å². The van der Waals surface area contributed by atoms with E-state index >= 15 is 0 Å². The molecule has 1 aliphatic rings. The first-order valence-electron chi connectivity index (χ1n) is 17.9. The highest BCUT2D eigenvalue weighted by atomic mass is 32.2. The van der Waals surface area contributed by atoms with E-state index in [4.69, 9.17) is 14.2 Å². The number of aliphatic hydroxyl groups excluding tert-OH is 1. The minimum absolute atomic E-state index is 0.0285. The number of hydrogen-bond donors (Lipinski definition) is 3. The zero-order chi connectivity index (χ0) is 38.1. The van der Waals surface area contributed by atoms with Gasteiger partial charge in [0.15, 0.2) is 0 Å². The molecule has 4 aromatic carbocycles. The predicted molar refractivity (Wildman–Crippen MR) is 206 cm³/mol. The van der Waals surface area contributed by atoms with Gasteiger partial charge in [-0.2, -0.15) is 0 Å². The Morgan fingerprint density at radius 1 is 1.04 bits per heavy atom. The number of urea groups is 1. The van der Waals surface area contributed by atoms with Crippen LogP contribution in [0, 0.1) is 5.92 Å². The second-order valence-corrected chi connectivity index (χ2v) is 15.3. The fourth-order valence-electron chi connectivity index (χ4n) is 6.32. The molecule has 0 aliphatic carbocycles. The molecule has 0 bridgehead atoms. The maximum atomic E-state index is 14.5. The van der Waals surface area contributed by atoms with E-state index in [0.717, 1.165) is 23.6 Å². The Hall–Kier alpha value is -4.85. The molecule has 3 N–H and O–H groups in total. The van der Waals surface area contributed by atoms with Crippen molar-refractivity contribution in [1.29, 1.82) is 0 Å². The average molecular weight is 747 g/mol. The minimum Gasteiger partial charge on any atom is -0.497 e. The van der Waals surface area contributed by atoms with Crippen LogP contribution in [0.4, 0.5) is 16.2 Å². The van der Waals surface area contributed by atoms with Crippen LogP contribution in [0.15, 0.2) is 89.8 Å². The Morgan fingerprint density at radius 3 is 2.51 bits per heavy atom. The first kappa shape index (κ1) is 39.4. The molecule has 0 fully saturated rings. The summed E-state index contributed by atoms with van der Waals surface area (Å²) < 4.78 is 47.1. The Morgan fingerprint density at radius 2 is 1.77 bits per heavy atom. The van der Waals surface area contributed by atoms with Crippen molar-refractivity contribution in [2.75, 3.05) is 50.5 Å². The lowest BCUT2D eigenvalue weighted by Crippen LogP contribution is -2.48. The van der Waals surface area contributed by atoms with Gasteiger partial charge in [0.1, 0.15) is 11.5 Å². The quantitative estimate of drug-likeness (QED) is 0.174. The van der Waals surface area contributed by atoms with Gasteiger partial charge in [-0.3, -0.25) is 9.52 Å². The van der Waals surface area contributed by atoms with Gasteiger partial charge in [-0.1, -0.05) is 43.3 Å². The predicted octanol–water partition coefficient (Wildman–Crippen LogP) is 6.61. The smallest absolute Gasteiger partial charge is 0.321 e. The van der Waals surface area contributed by atoms with E-state index in [2.05, 4.69) is 10.0 Å². The molecule has 0 unspecified atom stereocenters. The summed E-state index contributed by atoms with van der Waals surface area (Å²) in [4.78, 5) is 31.1. The van der Waals surface area contributed by atoms with Gasteiger partial charge in [0, 0.05) is 43.7 Å². The van der Waals surface area contributed by atoms with Crippen molar-refractivity contribution in [1.82, 2.24) is 9.80 Å². The number of rotatable bonds is 9. The van der Waals surface area contributed by atoms with Gasteiger partial charge in [0.25, 0.3) is 15.9 Å². The highest BCUT2D eigenvalue weighted by molar-refractivity contribution is 7.92. The van der Waals surface area contributed by atoms with Crippen LogP contribution in [0.1, 0.15) is 50.4 Å². The molecule has 53 heavy (non-hydrogen) atoms. The Labute approximate surface area is 312 Å². The number of ether oxygens (including phenoxy) is 3. The van der Waals surface area contributed by atoms with Gasteiger partial charge < -0.3 is 34.4 Å². The lowest BCUT2D eigenvalue weighted by molar-refractivity contribution is -0.0115. The van der Waals surface area contributed by atoms with Crippen LogP contribution >= 0.6 is 0 Å². The molecule has 0 radical (unpaired) electrons. The maximum absolute atomic E-state index is 14.5. The molecule has 4 atom stereocenters. The molecule has 5 rings (SSSR count). The zero-order valence-corrected chi connectivity index (χ0v) is 31.8. The summed E-state index contributed by atoms with van der Waals surface area (Å²) in [7, 11) is -0.797. The number of fused-ring (bicyclic) bond motifs is 2. The summed E-state index contributed by atoms with van der Waals surface area (Å²) in [6.07, 6.45) is 1.55. The number of anilines is 2. The van der Waals surface area contributed by atoms with E-state index in [1.54, 1.807) is 48.0 Å². The average Bonchev–Trinajstić information content (AvgIpc) is 3.15. The van der Waals surface area contributed by atoms with Crippen LogP contribution in [0.2, 0.25) is 0 Å². The number of nitrogens with one attached hydrogen (secondary N) is 2. The van der Waals surface area contributed by atoms with Gasteiger partial charge in [-0.15, -0.1) is 0 Å². The largest absolute Gasteiger partial charge is 0.497 e. The Balaban J connectivity index is 1.40. The van der Waals surface area contributed by atoms with Crippen LogP contribution in [-0.2, 0) is 14.8 Å². The second-order valence-electron chi connectivity index (χ2n) is 13.6. The topological polar surface area (TPSA) is 147 Å². The Kier molecular flexibility index (Phi) is 13.2. The molecule has 0 saturated carbocycles. The molecule has 0 spiro atoms. The zero-order valence-electron chi connectivity index (χ0n) is 30.9. The Bertz CT molecular complexity index is 1970. The molecule has 13 heteroatoms. The number of benzene rings is 4. The molecule has 4 aromatic rings. The van der Waals surface area contributed by atoms with Crippen molar-refractivity contribution >= 4 is 44.1 Å². The van der Waals surface area contributed by atoms with Crippen molar-refractivity contribution < 1.29 is 37.3 Å². The summed E-state index contributed by atoms with van der Waals surface area (Å²) in [5.74, 6) is 0.114. The molecule has 0 saturated heterocycles. The highest BCUT2D eigenvalue weighted by Crippen LogP contribution is 2.30. The monoisotopic (exact) mass is 746 g/mol. The number of nitrogens with zero attached hydrogens (tertiary/aromatic N) is 2. The number of methoxy groups -OCH3 is 1. The second kappa shape index (κ2) is 17.8. The van der Waals surface area contributed by atoms with Crippen molar-refractivity contribution in [3.63, 3.8) is 0 Å². The SMILES string of the molecule is COc1ccc(S(=O)(=O)Nc2ccc3c(c2)C(=O)N([C@H](C)CO)C[C@H](C)[C@H](CN(C)C(=O)Nc2cccc4ccccc24)OCCCC[C@H](C)O3)cc1. The first-order chi connectivity index (χ1) is 25.4. The number of sulfonamides is 1. The van der Waals surface area contributed by atoms with E-state index in [1.807, 2.05) is 56.3 Å². The number of carbonyl (C=O) groups is 2. The van der Waals surface area contributed by atoms with Crippen LogP contribution < -0.4 is 19.5 Å². The van der Waals surface area contributed by atoms with Crippen LogP contribution in [-0.4, -0.2) is 94.0 Å². The number of amides is 3. The molecule has 1 heterocycles. The third-order valence-electron chi connectivity index (χ3n) is 9.51. The number of aliphatic hydroxyl groups is 1. The van der Waals surface area contributed by atoms with E-state index in [0.29, 0.717) is 30.2 Å². The maximum Gasteiger partial charge on any atom is 0.321 e. The van der Waals surface area contributed by atoms with Crippen molar-refractivity contribution in [2.24, 2.45) is 5.92 Å². The first-order valence-corrected chi connectivity index (χ1v) is 19.4. The molecule has 1 aliphatic heterocycles. The van der Waals surface area contributed by atoms with E-state index in [1.165, 1.54) is 25.3 Å². The fourth-order valence-corrected chi connectivity index (χ4v) is 7.36. The summed E-state index contributed by atoms with van der Waals surface area (Å²) in [6, 6.07) is 23.3. The van der Waals surface area contributed by atoms with Crippen LogP contribution in [0.25, 0.3) is 10.8 Å². The summed E-state index contributed by atoms with van der Waals surface area (Å²) >= 11 is 0. The molecule has 284 valence electrons. The number of likely N-dealkylation sites (N-methyl/N-ethyl adjacent to an activating group) is 1. The van der Waals surface area contributed by atoms with Gasteiger partial charge in [0.05, 0.1) is 48.1 Å². The lowest BCUT2D eigenvalue weighted by Gasteiger charge is -2.35. The standard InChI is InChI=1S/C40H50N4O8S/c1-27-24-44(28(2)26-45)39(46)35-23-31(42-53(48,49)33-19-17-32(50-5)18-20-33)16-21-37(35)52-29(3)11-8-9-22-51-38(27)25-43(4)40(47)41-36-15-10-13-30-12-6-7-14-34(30)36/h6-7,10,12-21,23,27-29,38,42,45H,8-9,11,22,24-26H2,1-5H3,(H,41,47)/t27-,28+,29-,38-/m0/s1. The van der Waals surface area contributed by atoms with Gasteiger partial charge in [-0.05, 0) is 87.0 Å². The third-order valence-corrected chi connectivity index (χ3v) is 10.9. The minimum atomic E-state index is -4.01. The molecule has 3 amide bonds. The highest BCUT2D eigenvalue weighted by Gasteiger charge is 2.31. The number of hydrogen-bond acceptors (Lipinski definition) is 8. The fraction of sp³-hybridized carbons (Fsp3) is 0.400. The van der Waals surface area contributed by atoms with Gasteiger partial charge in [0.2, 0.25) is 0 Å². The summed E-state index contributed by atoms with van der Waals surface area (Å²) in [5.41, 5.74) is 1.03. The van der Waals surface area contributed by atoms with E-state index in [9.17, 15) is 23.1 Å². The lowest BCUT2D eigenvalue weighted by atomic mass is 10.0. The number of carbonyl (C=O) groups excluding carboxylic acids is 2. The van der Waals surface area contributed by atoms with Crippen LogP contribution in [0.3, 0.4) is 0 Å². The normalized spacial score (nSPS) is 19.3. The van der Waals surface area contributed by atoms with E-state index in [-0.39, 0.29) is 53.9 Å². The summed E-state index contributed by atoms with van der Waals surface area (Å²) in [6.45, 7) is 6.19. The molecular weight excluding hydrogens is 697 g/mol. The van der Waals surface area contributed by atoms with E-state index < -0.39 is 28.1 Å². The third kappa shape index (κ3) is 9.98. The van der Waals surface area contributed by atoms with Crippen LogP contribution in [0.5, 0.6) is 11.5 Å². The van der Waals surface area contributed by atoms with Crippen molar-refractivity contribution in [2.45, 2.75) is 63.2 Å². The molecule has 12 nitrogen and oxygen atoms in total. The molecular formula is C40H50N4O8S. The van der Waals surface area contributed by atoms with Crippen molar-refractivity contribution in [3.8, 4) is 11.5 Å².